The summed E-state index contributed by atoms with van der Waals surface area (Å²) < 4.78 is 0. The molecule has 1 fully saturated rings. The maximum absolute atomic E-state index is 9.48. The van der Waals surface area contributed by atoms with Gasteiger partial charge in [-0.05, 0) is 31.7 Å². The fourth-order valence-corrected chi connectivity index (χ4v) is 2.21. The number of hydrogen-bond donors (Lipinski definition) is 2. The topological polar surface area (TPSA) is 32.3 Å². The minimum absolute atomic E-state index is 0.0585. The van der Waals surface area contributed by atoms with E-state index in [1.54, 1.807) is 0 Å². The molecule has 0 aromatic rings. The van der Waals surface area contributed by atoms with Crippen molar-refractivity contribution in [1.29, 1.82) is 0 Å². The zero-order valence-electron chi connectivity index (χ0n) is 8.21. The molecular formula is C10H21NO. The fraction of sp³-hybridized carbons (Fsp3) is 1.00. The lowest BCUT2D eigenvalue weighted by atomic mass is 9.81. The standard InChI is InChI=1S/C10H21NO/c1-3-8-5-6-9(12)7-10(8)11-4-2/h8-12H,3-7H2,1-2H3. The molecule has 0 heterocycles. The van der Waals surface area contributed by atoms with Gasteiger partial charge in [0.25, 0.3) is 0 Å². The second kappa shape index (κ2) is 4.83. The summed E-state index contributed by atoms with van der Waals surface area (Å²) in [6.07, 6.45) is 4.32. The van der Waals surface area contributed by atoms with E-state index in [1.807, 2.05) is 0 Å². The van der Waals surface area contributed by atoms with Gasteiger partial charge in [0.15, 0.2) is 0 Å². The highest BCUT2D eigenvalue weighted by Crippen LogP contribution is 2.26. The monoisotopic (exact) mass is 171 g/mol. The first-order valence-corrected chi connectivity index (χ1v) is 5.19. The Bertz CT molecular complexity index is 127. The Labute approximate surface area is 75.4 Å². The van der Waals surface area contributed by atoms with Crippen LogP contribution in [0.3, 0.4) is 0 Å². The Hall–Kier alpha value is -0.0800. The van der Waals surface area contributed by atoms with Crippen LogP contribution in [0.15, 0.2) is 0 Å². The zero-order chi connectivity index (χ0) is 8.97. The van der Waals surface area contributed by atoms with Crippen LogP contribution in [0, 0.1) is 5.92 Å². The van der Waals surface area contributed by atoms with E-state index in [9.17, 15) is 5.11 Å². The van der Waals surface area contributed by atoms with Crippen molar-refractivity contribution >= 4 is 0 Å². The molecule has 3 unspecified atom stereocenters. The van der Waals surface area contributed by atoms with Crippen molar-refractivity contribution in [2.75, 3.05) is 6.54 Å². The van der Waals surface area contributed by atoms with Crippen molar-refractivity contribution in [3.63, 3.8) is 0 Å². The molecule has 2 heteroatoms. The molecule has 0 saturated heterocycles. The highest BCUT2D eigenvalue weighted by molar-refractivity contribution is 4.83. The van der Waals surface area contributed by atoms with Crippen LogP contribution in [0.2, 0.25) is 0 Å². The summed E-state index contributed by atoms with van der Waals surface area (Å²) >= 11 is 0. The second-order valence-electron chi connectivity index (χ2n) is 3.80. The predicted molar refractivity (Wildman–Crippen MR) is 51.1 cm³/mol. The summed E-state index contributed by atoms with van der Waals surface area (Å²) in [4.78, 5) is 0. The van der Waals surface area contributed by atoms with Gasteiger partial charge in [-0.2, -0.15) is 0 Å². The van der Waals surface area contributed by atoms with Crippen LogP contribution < -0.4 is 5.32 Å². The molecule has 1 saturated carbocycles. The number of rotatable bonds is 3. The SMILES string of the molecule is CCNC1CC(O)CCC1CC. The van der Waals surface area contributed by atoms with Gasteiger partial charge in [0.1, 0.15) is 0 Å². The molecule has 0 radical (unpaired) electrons. The molecule has 3 atom stereocenters. The molecule has 0 aromatic heterocycles. The summed E-state index contributed by atoms with van der Waals surface area (Å²) in [5.41, 5.74) is 0. The second-order valence-corrected chi connectivity index (χ2v) is 3.80. The molecule has 72 valence electrons. The Kier molecular flexibility index (Phi) is 4.02. The van der Waals surface area contributed by atoms with Crippen LogP contribution in [-0.4, -0.2) is 23.8 Å². The maximum atomic E-state index is 9.48. The van der Waals surface area contributed by atoms with Gasteiger partial charge in [0.2, 0.25) is 0 Å². The molecule has 1 aliphatic carbocycles. The number of aliphatic hydroxyl groups excluding tert-OH is 1. The Morgan fingerprint density at radius 1 is 1.33 bits per heavy atom. The molecule has 1 aliphatic rings. The largest absolute Gasteiger partial charge is 0.393 e. The van der Waals surface area contributed by atoms with Gasteiger partial charge in [-0.1, -0.05) is 20.3 Å². The summed E-state index contributed by atoms with van der Waals surface area (Å²) in [5, 5.41) is 12.9. The van der Waals surface area contributed by atoms with E-state index in [2.05, 4.69) is 19.2 Å². The molecule has 0 amide bonds. The predicted octanol–water partition coefficient (Wildman–Crippen LogP) is 1.54. The molecule has 0 bridgehead atoms. The lowest BCUT2D eigenvalue weighted by Gasteiger charge is -2.34. The van der Waals surface area contributed by atoms with Gasteiger partial charge >= 0.3 is 0 Å². The summed E-state index contributed by atoms with van der Waals surface area (Å²) in [6.45, 7) is 5.40. The van der Waals surface area contributed by atoms with E-state index in [1.165, 1.54) is 12.8 Å². The first-order valence-electron chi connectivity index (χ1n) is 5.19. The van der Waals surface area contributed by atoms with E-state index < -0.39 is 0 Å². The minimum Gasteiger partial charge on any atom is -0.393 e. The average Bonchev–Trinajstić information content (AvgIpc) is 2.05. The number of nitrogens with one attached hydrogen (secondary N) is 1. The van der Waals surface area contributed by atoms with Gasteiger partial charge in [0, 0.05) is 6.04 Å². The van der Waals surface area contributed by atoms with Gasteiger partial charge in [0.05, 0.1) is 6.10 Å². The fourth-order valence-electron chi connectivity index (χ4n) is 2.21. The van der Waals surface area contributed by atoms with Crippen molar-refractivity contribution < 1.29 is 5.11 Å². The smallest absolute Gasteiger partial charge is 0.0555 e. The molecule has 2 N–H and O–H groups in total. The van der Waals surface area contributed by atoms with Gasteiger partial charge in [-0.25, -0.2) is 0 Å². The van der Waals surface area contributed by atoms with E-state index in [0.717, 1.165) is 25.3 Å². The van der Waals surface area contributed by atoms with Crippen molar-refractivity contribution in [3.05, 3.63) is 0 Å². The van der Waals surface area contributed by atoms with Crippen LogP contribution in [0.25, 0.3) is 0 Å². The van der Waals surface area contributed by atoms with Crippen molar-refractivity contribution in [2.45, 2.75) is 51.7 Å². The van der Waals surface area contributed by atoms with E-state index in [0.29, 0.717) is 6.04 Å². The van der Waals surface area contributed by atoms with Crippen LogP contribution in [-0.2, 0) is 0 Å². The van der Waals surface area contributed by atoms with Gasteiger partial charge < -0.3 is 10.4 Å². The normalized spacial score (nSPS) is 36.8. The third-order valence-electron chi connectivity index (χ3n) is 2.96. The number of hydrogen-bond acceptors (Lipinski definition) is 2. The van der Waals surface area contributed by atoms with E-state index in [4.69, 9.17) is 0 Å². The third kappa shape index (κ3) is 2.46. The van der Waals surface area contributed by atoms with E-state index >= 15 is 0 Å². The van der Waals surface area contributed by atoms with Crippen LogP contribution >= 0.6 is 0 Å². The summed E-state index contributed by atoms with van der Waals surface area (Å²) in [6, 6.07) is 0.559. The molecule has 0 aliphatic heterocycles. The van der Waals surface area contributed by atoms with Gasteiger partial charge in [-0.3, -0.25) is 0 Å². The van der Waals surface area contributed by atoms with Gasteiger partial charge in [-0.15, -0.1) is 0 Å². The lowest BCUT2D eigenvalue weighted by molar-refractivity contribution is 0.0833. The van der Waals surface area contributed by atoms with Crippen molar-refractivity contribution in [1.82, 2.24) is 5.32 Å². The minimum atomic E-state index is -0.0585. The van der Waals surface area contributed by atoms with Crippen LogP contribution in [0.4, 0.5) is 0 Å². The molecule has 2 nitrogen and oxygen atoms in total. The lowest BCUT2D eigenvalue weighted by Crippen LogP contribution is -2.42. The molecule has 12 heavy (non-hydrogen) atoms. The zero-order valence-corrected chi connectivity index (χ0v) is 8.21. The number of aliphatic hydroxyl groups is 1. The van der Waals surface area contributed by atoms with Crippen molar-refractivity contribution in [2.24, 2.45) is 5.92 Å². The highest BCUT2D eigenvalue weighted by Gasteiger charge is 2.27. The maximum Gasteiger partial charge on any atom is 0.0555 e. The molecule has 0 aromatic carbocycles. The van der Waals surface area contributed by atoms with Crippen molar-refractivity contribution in [3.8, 4) is 0 Å². The Morgan fingerprint density at radius 3 is 2.67 bits per heavy atom. The van der Waals surface area contributed by atoms with Crippen LogP contribution in [0.5, 0.6) is 0 Å². The first-order chi connectivity index (χ1) is 5.77. The third-order valence-corrected chi connectivity index (χ3v) is 2.96. The molecular weight excluding hydrogens is 150 g/mol. The molecule has 1 rings (SSSR count). The quantitative estimate of drug-likeness (QED) is 0.675. The van der Waals surface area contributed by atoms with Crippen LogP contribution in [0.1, 0.15) is 39.5 Å². The molecule has 0 spiro atoms. The summed E-state index contributed by atoms with van der Waals surface area (Å²) in [5.74, 6) is 0.786. The Balaban J connectivity index is 2.40. The Morgan fingerprint density at radius 2 is 2.08 bits per heavy atom. The first kappa shape index (κ1) is 10.0. The van der Waals surface area contributed by atoms with E-state index in [-0.39, 0.29) is 6.10 Å². The average molecular weight is 171 g/mol. The highest BCUT2D eigenvalue weighted by atomic mass is 16.3. The summed E-state index contributed by atoms with van der Waals surface area (Å²) in [7, 11) is 0.